The van der Waals surface area contributed by atoms with Crippen molar-refractivity contribution in [2.24, 2.45) is 5.73 Å². The number of aliphatic hydroxyl groups is 1. The summed E-state index contributed by atoms with van der Waals surface area (Å²) in [6, 6.07) is 7.01. The van der Waals surface area contributed by atoms with Gasteiger partial charge in [0, 0.05) is 18.9 Å². The van der Waals surface area contributed by atoms with Gasteiger partial charge in [0.05, 0.1) is 13.2 Å². The first-order valence-corrected chi connectivity index (χ1v) is 7.84. The molecule has 0 fully saturated rings. The molecule has 1 aromatic rings. The van der Waals surface area contributed by atoms with Gasteiger partial charge in [-0.3, -0.25) is 0 Å². The fourth-order valence-corrected chi connectivity index (χ4v) is 1.96. The Kier molecular flexibility index (Phi) is 7.04. The molecule has 24 heavy (non-hydrogen) atoms. The monoisotopic (exact) mass is 351 g/mol. The van der Waals surface area contributed by atoms with Gasteiger partial charge >= 0.3 is 11.8 Å². The van der Waals surface area contributed by atoms with Crippen LogP contribution in [0.25, 0.3) is 0 Å². The molecule has 0 aliphatic carbocycles. The van der Waals surface area contributed by atoms with E-state index >= 15 is 0 Å². The normalized spacial score (nSPS) is 15.2. The summed E-state index contributed by atoms with van der Waals surface area (Å²) in [6.45, 7) is 1.82. The zero-order valence-electron chi connectivity index (χ0n) is 14.0. The average molecular weight is 351 g/mol. The number of rotatable bonds is 10. The number of halogens is 4. The van der Waals surface area contributed by atoms with E-state index in [1.807, 2.05) is 12.1 Å². The van der Waals surface area contributed by atoms with Crippen LogP contribution in [0.5, 0.6) is 5.75 Å². The van der Waals surface area contributed by atoms with Crippen molar-refractivity contribution in [3.05, 3.63) is 29.8 Å². The lowest BCUT2D eigenvalue weighted by Crippen LogP contribution is -2.40. The molecule has 138 valence electrons. The summed E-state index contributed by atoms with van der Waals surface area (Å²) in [7, 11) is 0. The number of benzene rings is 1. The SMILES string of the molecule is CC(F)(F)C(F)(F)CCCOc1ccc(CC[C@@](C)(N)CO)cc1. The van der Waals surface area contributed by atoms with Crippen molar-refractivity contribution in [2.45, 2.75) is 56.9 Å². The van der Waals surface area contributed by atoms with Crippen LogP contribution in [0.3, 0.4) is 0 Å². The minimum absolute atomic E-state index is 0.0591. The molecule has 3 nitrogen and oxygen atoms in total. The zero-order chi connectivity index (χ0) is 18.4. The highest BCUT2D eigenvalue weighted by Gasteiger charge is 2.51. The minimum atomic E-state index is -4.03. The highest BCUT2D eigenvalue weighted by molar-refractivity contribution is 5.27. The van der Waals surface area contributed by atoms with Gasteiger partial charge in [-0.2, -0.15) is 8.78 Å². The average Bonchev–Trinajstić information content (AvgIpc) is 2.50. The zero-order valence-corrected chi connectivity index (χ0v) is 14.0. The Bertz CT molecular complexity index is 498. The smallest absolute Gasteiger partial charge is 0.310 e. The van der Waals surface area contributed by atoms with Crippen LogP contribution in [0, 0.1) is 0 Å². The third-order valence-corrected chi connectivity index (χ3v) is 3.82. The summed E-state index contributed by atoms with van der Waals surface area (Å²) in [5.41, 5.74) is 6.22. The van der Waals surface area contributed by atoms with Gasteiger partial charge in [0.25, 0.3) is 0 Å². The maximum Gasteiger partial charge on any atom is 0.310 e. The summed E-state index contributed by atoms with van der Waals surface area (Å²) in [5, 5.41) is 9.10. The Morgan fingerprint density at radius 2 is 1.62 bits per heavy atom. The second-order valence-corrected chi connectivity index (χ2v) is 6.50. The number of alkyl halides is 4. The predicted molar refractivity (Wildman–Crippen MR) is 84.7 cm³/mol. The molecule has 1 aromatic carbocycles. The Labute approximate surface area is 139 Å². The van der Waals surface area contributed by atoms with Crippen LogP contribution >= 0.6 is 0 Å². The predicted octanol–water partition coefficient (Wildman–Crippen LogP) is 3.78. The summed E-state index contributed by atoms with van der Waals surface area (Å²) >= 11 is 0. The molecule has 3 N–H and O–H groups in total. The third-order valence-electron chi connectivity index (χ3n) is 3.82. The van der Waals surface area contributed by atoms with Crippen LogP contribution < -0.4 is 10.5 Å². The molecule has 7 heteroatoms. The highest BCUT2D eigenvalue weighted by atomic mass is 19.3. The van der Waals surface area contributed by atoms with Crippen LogP contribution in [0.4, 0.5) is 17.6 Å². The second kappa shape index (κ2) is 8.16. The molecule has 0 spiro atoms. The molecule has 0 radical (unpaired) electrons. The van der Waals surface area contributed by atoms with E-state index in [4.69, 9.17) is 15.6 Å². The van der Waals surface area contributed by atoms with E-state index in [0.717, 1.165) is 5.56 Å². The number of hydrogen-bond acceptors (Lipinski definition) is 3. The maximum absolute atomic E-state index is 13.1. The molecule has 0 saturated heterocycles. The maximum atomic E-state index is 13.1. The topological polar surface area (TPSA) is 55.5 Å². The molecule has 0 aromatic heterocycles. The van der Waals surface area contributed by atoms with Gasteiger partial charge in [0.15, 0.2) is 0 Å². The lowest BCUT2D eigenvalue weighted by Gasteiger charge is -2.22. The van der Waals surface area contributed by atoms with E-state index < -0.39 is 23.8 Å². The first kappa shape index (κ1) is 20.7. The largest absolute Gasteiger partial charge is 0.494 e. The van der Waals surface area contributed by atoms with Crippen molar-refractivity contribution in [3.8, 4) is 5.75 Å². The van der Waals surface area contributed by atoms with E-state index in [-0.39, 0.29) is 26.6 Å². The second-order valence-electron chi connectivity index (χ2n) is 6.50. The Hall–Kier alpha value is -1.34. The van der Waals surface area contributed by atoms with Crippen molar-refractivity contribution in [1.82, 2.24) is 0 Å². The van der Waals surface area contributed by atoms with Gasteiger partial charge in [-0.05, 0) is 43.9 Å². The molecular weight excluding hydrogens is 326 g/mol. The highest BCUT2D eigenvalue weighted by Crippen LogP contribution is 2.37. The van der Waals surface area contributed by atoms with Crippen molar-refractivity contribution in [2.75, 3.05) is 13.2 Å². The lowest BCUT2D eigenvalue weighted by molar-refractivity contribution is -0.201. The summed E-state index contributed by atoms with van der Waals surface area (Å²) in [5.74, 6) is -7.56. The fraction of sp³-hybridized carbons (Fsp3) is 0.647. The van der Waals surface area contributed by atoms with Gasteiger partial charge in [-0.25, -0.2) is 8.78 Å². The standard InChI is InChI=1S/C17H25F4NO2/c1-15(22,12-23)10-8-13-4-6-14(7-5-13)24-11-3-9-17(20,21)16(2,18)19/h4-7,23H,3,8-12,22H2,1-2H3/t15-/m1/s1. The fourth-order valence-electron chi connectivity index (χ4n) is 1.96. The van der Waals surface area contributed by atoms with Gasteiger partial charge in [0.2, 0.25) is 0 Å². The van der Waals surface area contributed by atoms with Crippen molar-refractivity contribution in [3.63, 3.8) is 0 Å². The van der Waals surface area contributed by atoms with Gasteiger partial charge in [-0.1, -0.05) is 12.1 Å². The van der Waals surface area contributed by atoms with E-state index in [2.05, 4.69) is 0 Å². The molecule has 1 atom stereocenters. The number of nitrogens with two attached hydrogens (primary N) is 1. The quantitative estimate of drug-likeness (QED) is 0.498. The van der Waals surface area contributed by atoms with Crippen LogP contribution in [-0.4, -0.2) is 35.7 Å². The Morgan fingerprint density at radius 1 is 1.04 bits per heavy atom. The molecule has 0 aliphatic rings. The van der Waals surface area contributed by atoms with Crippen LogP contribution in [0.15, 0.2) is 24.3 Å². The Morgan fingerprint density at radius 3 is 2.12 bits per heavy atom. The summed E-state index contributed by atoms with van der Waals surface area (Å²) in [6.07, 6.45) is 0.209. The molecule has 0 heterocycles. The number of aryl methyl sites for hydroxylation is 1. The number of hydrogen-bond donors (Lipinski definition) is 2. The van der Waals surface area contributed by atoms with Crippen LogP contribution in [0.2, 0.25) is 0 Å². The summed E-state index contributed by atoms with van der Waals surface area (Å²) < 4.78 is 56.8. The Balaban J connectivity index is 2.38. The van der Waals surface area contributed by atoms with E-state index in [0.29, 0.717) is 18.6 Å². The van der Waals surface area contributed by atoms with E-state index in [1.165, 1.54) is 0 Å². The third kappa shape index (κ3) is 6.65. The first-order chi connectivity index (χ1) is 11.0. The first-order valence-electron chi connectivity index (χ1n) is 7.84. The molecule has 0 amide bonds. The molecule has 0 aliphatic heterocycles. The molecule has 0 bridgehead atoms. The summed E-state index contributed by atoms with van der Waals surface area (Å²) in [4.78, 5) is 0. The van der Waals surface area contributed by atoms with Crippen LogP contribution in [0.1, 0.15) is 38.7 Å². The van der Waals surface area contributed by atoms with E-state index in [9.17, 15) is 17.6 Å². The minimum Gasteiger partial charge on any atom is -0.494 e. The van der Waals surface area contributed by atoms with Gasteiger partial charge in [0.1, 0.15) is 5.75 Å². The van der Waals surface area contributed by atoms with Gasteiger partial charge in [-0.15, -0.1) is 0 Å². The molecule has 1 rings (SSSR count). The van der Waals surface area contributed by atoms with Crippen molar-refractivity contribution in [1.29, 1.82) is 0 Å². The molecule has 0 saturated carbocycles. The van der Waals surface area contributed by atoms with Crippen molar-refractivity contribution < 1.29 is 27.4 Å². The van der Waals surface area contributed by atoms with Crippen LogP contribution in [-0.2, 0) is 6.42 Å². The van der Waals surface area contributed by atoms with Gasteiger partial charge < -0.3 is 15.6 Å². The molecular formula is C17H25F4NO2. The molecule has 0 unspecified atom stereocenters. The number of ether oxygens (including phenoxy) is 1. The lowest BCUT2D eigenvalue weighted by atomic mass is 9.95. The van der Waals surface area contributed by atoms with E-state index in [1.54, 1.807) is 19.1 Å². The van der Waals surface area contributed by atoms with Crippen molar-refractivity contribution >= 4 is 0 Å². The number of aliphatic hydroxyl groups excluding tert-OH is 1.